The molecule has 0 bridgehead atoms. The van der Waals surface area contributed by atoms with Gasteiger partial charge in [0.15, 0.2) is 0 Å². The molecule has 2 aromatic heterocycles. The van der Waals surface area contributed by atoms with E-state index in [1.807, 2.05) is 41.8 Å². The van der Waals surface area contributed by atoms with Crippen molar-refractivity contribution in [2.24, 2.45) is 0 Å². The lowest BCUT2D eigenvalue weighted by atomic mass is 10.0. The number of para-hydroxylation sites is 1. The second-order valence-electron chi connectivity index (χ2n) is 4.37. The molecule has 4 heteroatoms. The van der Waals surface area contributed by atoms with E-state index in [1.54, 1.807) is 18.6 Å². The standard InChI is InChI=1S/C16H13N3O/c1-2-20-16-12(8-17)4-3-5-15(16)13-6-7-14-9-18-11-19(14)10-13/h3-7,9-11H,2H2,1H3. The lowest BCUT2D eigenvalue weighted by Crippen LogP contribution is -1.97. The summed E-state index contributed by atoms with van der Waals surface area (Å²) in [5, 5.41) is 9.21. The predicted octanol–water partition coefficient (Wildman–Crippen LogP) is 3.27. The van der Waals surface area contributed by atoms with Gasteiger partial charge in [0.05, 0.1) is 30.2 Å². The van der Waals surface area contributed by atoms with Gasteiger partial charge < -0.3 is 9.14 Å². The minimum atomic E-state index is 0.527. The molecule has 3 aromatic rings. The fourth-order valence-electron chi connectivity index (χ4n) is 2.23. The number of imidazole rings is 1. The van der Waals surface area contributed by atoms with E-state index < -0.39 is 0 Å². The number of fused-ring (bicyclic) bond motifs is 1. The Labute approximate surface area is 116 Å². The predicted molar refractivity (Wildman–Crippen MR) is 76.5 cm³/mol. The first-order valence-electron chi connectivity index (χ1n) is 6.41. The molecule has 2 heterocycles. The second kappa shape index (κ2) is 5.06. The SMILES string of the molecule is CCOc1c(C#N)cccc1-c1ccc2cncn2c1. The van der Waals surface area contributed by atoms with Gasteiger partial charge in [0.25, 0.3) is 0 Å². The highest BCUT2D eigenvalue weighted by Gasteiger charge is 2.11. The van der Waals surface area contributed by atoms with Crippen LogP contribution in [0.2, 0.25) is 0 Å². The third kappa shape index (κ3) is 1.99. The van der Waals surface area contributed by atoms with Gasteiger partial charge in [-0.15, -0.1) is 0 Å². The summed E-state index contributed by atoms with van der Waals surface area (Å²) < 4.78 is 7.61. The van der Waals surface area contributed by atoms with Crippen molar-refractivity contribution < 1.29 is 4.74 Å². The summed E-state index contributed by atoms with van der Waals surface area (Å²) in [5.41, 5.74) is 3.50. The number of pyridine rings is 1. The third-order valence-electron chi connectivity index (χ3n) is 3.14. The van der Waals surface area contributed by atoms with Gasteiger partial charge in [-0.1, -0.05) is 18.2 Å². The van der Waals surface area contributed by atoms with E-state index in [4.69, 9.17) is 4.74 Å². The Morgan fingerprint density at radius 2 is 2.20 bits per heavy atom. The number of nitriles is 1. The first-order valence-corrected chi connectivity index (χ1v) is 6.41. The van der Waals surface area contributed by atoms with Gasteiger partial charge in [0.2, 0.25) is 0 Å². The van der Waals surface area contributed by atoms with Crippen molar-refractivity contribution in [3.8, 4) is 22.9 Å². The van der Waals surface area contributed by atoms with Crippen molar-refractivity contribution in [1.82, 2.24) is 9.38 Å². The van der Waals surface area contributed by atoms with Crippen LogP contribution in [-0.4, -0.2) is 16.0 Å². The number of hydrogen-bond donors (Lipinski definition) is 0. The molecule has 0 aliphatic heterocycles. The van der Waals surface area contributed by atoms with E-state index in [9.17, 15) is 5.26 Å². The summed E-state index contributed by atoms with van der Waals surface area (Å²) in [4.78, 5) is 4.11. The van der Waals surface area contributed by atoms with Crippen LogP contribution in [0.1, 0.15) is 12.5 Å². The normalized spacial score (nSPS) is 10.4. The van der Waals surface area contributed by atoms with Crippen molar-refractivity contribution in [2.75, 3.05) is 6.61 Å². The molecule has 0 radical (unpaired) electrons. The minimum absolute atomic E-state index is 0.527. The molecule has 0 aliphatic rings. The molecular formula is C16H13N3O. The van der Waals surface area contributed by atoms with Gasteiger partial charge >= 0.3 is 0 Å². The zero-order chi connectivity index (χ0) is 13.9. The molecule has 98 valence electrons. The van der Waals surface area contributed by atoms with E-state index in [-0.39, 0.29) is 0 Å². The molecule has 0 amide bonds. The first kappa shape index (κ1) is 12.2. The molecule has 0 aliphatic carbocycles. The van der Waals surface area contributed by atoms with Gasteiger partial charge in [0.1, 0.15) is 11.8 Å². The van der Waals surface area contributed by atoms with Crippen LogP contribution < -0.4 is 4.74 Å². The molecule has 1 aromatic carbocycles. The molecule has 0 saturated heterocycles. The topological polar surface area (TPSA) is 50.3 Å². The molecule has 0 spiro atoms. The minimum Gasteiger partial charge on any atom is -0.492 e. The summed E-state index contributed by atoms with van der Waals surface area (Å²) >= 11 is 0. The average molecular weight is 263 g/mol. The monoisotopic (exact) mass is 263 g/mol. The Morgan fingerprint density at radius 3 is 3.00 bits per heavy atom. The number of aromatic nitrogens is 2. The highest BCUT2D eigenvalue weighted by atomic mass is 16.5. The lowest BCUT2D eigenvalue weighted by molar-refractivity contribution is 0.340. The van der Waals surface area contributed by atoms with Crippen LogP contribution in [-0.2, 0) is 0 Å². The lowest BCUT2D eigenvalue weighted by Gasteiger charge is -2.12. The van der Waals surface area contributed by atoms with E-state index in [2.05, 4.69) is 11.1 Å². The zero-order valence-corrected chi connectivity index (χ0v) is 11.1. The molecule has 20 heavy (non-hydrogen) atoms. The zero-order valence-electron chi connectivity index (χ0n) is 11.1. The summed E-state index contributed by atoms with van der Waals surface area (Å²) in [6.07, 6.45) is 5.55. The number of ether oxygens (including phenoxy) is 1. The van der Waals surface area contributed by atoms with Crippen LogP contribution in [0.15, 0.2) is 49.1 Å². The molecule has 4 nitrogen and oxygen atoms in total. The van der Waals surface area contributed by atoms with Gasteiger partial charge in [-0.05, 0) is 19.1 Å². The smallest absolute Gasteiger partial charge is 0.144 e. The summed E-state index contributed by atoms with van der Waals surface area (Å²) in [5.74, 6) is 0.636. The molecule has 0 N–H and O–H groups in total. The summed E-state index contributed by atoms with van der Waals surface area (Å²) in [7, 11) is 0. The van der Waals surface area contributed by atoms with Crippen LogP contribution in [0.25, 0.3) is 16.6 Å². The average Bonchev–Trinajstić information content (AvgIpc) is 2.95. The number of rotatable bonds is 3. The maximum atomic E-state index is 9.21. The molecule has 0 fully saturated rings. The maximum absolute atomic E-state index is 9.21. The van der Waals surface area contributed by atoms with E-state index in [0.29, 0.717) is 17.9 Å². The van der Waals surface area contributed by atoms with Gasteiger partial charge in [-0.3, -0.25) is 0 Å². The summed E-state index contributed by atoms with van der Waals surface area (Å²) in [6, 6.07) is 11.8. The molecule has 3 rings (SSSR count). The van der Waals surface area contributed by atoms with Crippen LogP contribution in [0.5, 0.6) is 5.75 Å². The Kier molecular flexibility index (Phi) is 3.10. The van der Waals surface area contributed by atoms with E-state index in [1.165, 1.54) is 0 Å². The van der Waals surface area contributed by atoms with Crippen LogP contribution in [0, 0.1) is 11.3 Å². The Balaban J connectivity index is 2.20. The summed E-state index contributed by atoms with van der Waals surface area (Å²) in [6.45, 7) is 2.44. The molecule has 0 unspecified atom stereocenters. The molecule has 0 atom stereocenters. The molecule has 0 saturated carbocycles. The van der Waals surface area contributed by atoms with E-state index in [0.717, 1.165) is 16.6 Å². The Hall–Kier alpha value is -2.80. The Bertz CT molecular complexity index is 799. The third-order valence-corrected chi connectivity index (χ3v) is 3.14. The molecular weight excluding hydrogens is 250 g/mol. The van der Waals surface area contributed by atoms with Gasteiger partial charge in [-0.2, -0.15) is 5.26 Å². The van der Waals surface area contributed by atoms with E-state index >= 15 is 0 Å². The van der Waals surface area contributed by atoms with Crippen LogP contribution in [0.4, 0.5) is 0 Å². The number of hydrogen-bond acceptors (Lipinski definition) is 3. The van der Waals surface area contributed by atoms with Crippen molar-refractivity contribution >= 4 is 5.52 Å². The second-order valence-corrected chi connectivity index (χ2v) is 4.37. The Morgan fingerprint density at radius 1 is 1.30 bits per heavy atom. The van der Waals surface area contributed by atoms with Crippen molar-refractivity contribution in [3.05, 3.63) is 54.6 Å². The quantitative estimate of drug-likeness (QED) is 0.728. The number of benzene rings is 1. The fourth-order valence-corrected chi connectivity index (χ4v) is 2.23. The van der Waals surface area contributed by atoms with Crippen molar-refractivity contribution in [1.29, 1.82) is 5.26 Å². The van der Waals surface area contributed by atoms with Gasteiger partial charge in [-0.25, -0.2) is 4.98 Å². The highest BCUT2D eigenvalue weighted by Crippen LogP contribution is 2.33. The highest BCUT2D eigenvalue weighted by molar-refractivity contribution is 5.74. The van der Waals surface area contributed by atoms with Crippen LogP contribution in [0.3, 0.4) is 0 Å². The van der Waals surface area contributed by atoms with Crippen molar-refractivity contribution in [3.63, 3.8) is 0 Å². The largest absolute Gasteiger partial charge is 0.492 e. The van der Waals surface area contributed by atoms with Crippen LogP contribution >= 0.6 is 0 Å². The fraction of sp³-hybridized carbons (Fsp3) is 0.125. The first-order chi connectivity index (χ1) is 9.83. The maximum Gasteiger partial charge on any atom is 0.144 e. The number of nitrogens with zero attached hydrogens (tertiary/aromatic N) is 3. The van der Waals surface area contributed by atoms with Gasteiger partial charge in [0, 0.05) is 17.3 Å². The van der Waals surface area contributed by atoms with Crippen molar-refractivity contribution in [2.45, 2.75) is 6.92 Å².